The standard InChI is InChI=1S/C13H24N2O4S/c1-4-8-14-11-12-6-7-13(19-12)20(16,17)15(5-2)9-10-18-3/h6-7,14H,4-5,8-11H2,1-3H3. The van der Waals surface area contributed by atoms with E-state index in [2.05, 4.69) is 12.2 Å². The van der Waals surface area contributed by atoms with Gasteiger partial charge in [-0.25, -0.2) is 8.42 Å². The highest BCUT2D eigenvalue weighted by Crippen LogP contribution is 2.18. The first-order chi connectivity index (χ1) is 9.56. The molecular weight excluding hydrogens is 280 g/mol. The first-order valence-corrected chi connectivity index (χ1v) is 8.28. The Balaban J connectivity index is 2.75. The van der Waals surface area contributed by atoms with Crippen molar-refractivity contribution in [2.24, 2.45) is 0 Å². The molecule has 7 heteroatoms. The minimum atomic E-state index is -3.57. The Hall–Kier alpha value is -0.890. The largest absolute Gasteiger partial charge is 0.447 e. The van der Waals surface area contributed by atoms with Crippen LogP contribution in [0.4, 0.5) is 0 Å². The van der Waals surface area contributed by atoms with Crippen molar-refractivity contribution in [2.75, 3.05) is 33.4 Å². The third kappa shape index (κ3) is 4.59. The molecular formula is C13H24N2O4S. The highest BCUT2D eigenvalue weighted by molar-refractivity contribution is 7.89. The SMILES string of the molecule is CCCNCc1ccc(S(=O)(=O)N(CC)CCOC)o1. The molecule has 6 nitrogen and oxygen atoms in total. The van der Waals surface area contributed by atoms with Gasteiger partial charge in [0.25, 0.3) is 10.0 Å². The van der Waals surface area contributed by atoms with Crippen LogP contribution in [0.2, 0.25) is 0 Å². The van der Waals surface area contributed by atoms with Gasteiger partial charge in [-0.15, -0.1) is 0 Å². The topological polar surface area (TPSA) is 71.8 Å². The number of nitrogens with zero attached hydrogens (tertiary/aromatic N) is 1. The van der Waals surface area contributed by atoms with Gasteiger partial charge in [0.2, 0.25) is 5.09 Å². The highest BCUT2D eigenvalue weighted by Gasteiger charge is 2.26. The number of sulfonamides is 1. The molecule has 1 rings (SSSR count). The van der Waals surface area contributed by atoms with E-state index >= 15 is 0 Å². The lowest BCUT2D eigenvalue weighted by Crippen LogP contribution is -2.33. The van der Waals surface area contributed by atoms with E-state index in [4.69, 9.17) is 9.15 Å². The maximum atomic E-state index is 12.4. The first kappa shape index (κ1) is 17.2. The lowest BCUT2D eigenvalue weighted by Gasteiger charge is -2.18. The quantitative estimate of drug-likeness (QED) is 0.662. The summed E-state index contributed by atoms with van der Waals surface area (Å²) in [6.07, 6.45) is 1.02. The van der Waals surface area contributed by atoms with Gasteiger partial charge in [-0.3, -0.25) is 0 Å². The number of rotatable bonds is 10. The van der Waals surface area contributed by atoms with Gasteiger partial charge in [0.1, 0.15) is 5.76 Å². The van der Waals surface area contributed by atoms with Crippen LogP contribution in [0.3, 0.4) is 0 Å². The fourth-order valence-corrected chi connectivity index (χ4v) is 3.11. The summed E-state index contributed by atoms with van der Waals surface area (Å²) in [6.45, 7) is 6.33. The van der Waals surface area contributed by atoms with Gasteiger partial charge in [0.05, 0.1) is 13.2 Å². The number of ether oxygens (including phenoxy) is 1. The molecule has 1 aromatic rings. The lowest BCUT2D eigenvalue weighted by molar-refractivity contribution is 0.179. The minimum Gasteiger partial charge on any atom is -0.447 e. The smallest absolute Gasteiger partial charge is 0.276 e. The third-order valence-electron chi connectivity index (χ3n) is 2.85. The average molecular weight is 304 g/mol. The second kappa shape index (κ2) is 8.41. The van der Waals surface area contributed by atoms with Crippen molar-refractivity contribution in [3.05, 3.63) is 17.9 Å². The number of methoxy groups -OCH3 is 1. The zero-order chi connectivity index (χ0) is 15.0. The van der Waals surface area contributed by atoms with Crippen LogP contribution in [0.25, 0.3) is 0 Å². The summed E-state index contributed by atoms with van der Waals surface area (Å²) < 4.78 is 36.4. The predicted octanol–water partition coefficient (Wildman–Crippen LogP) is 1.44. The normalized spacial score (nSPS) is 12.2. The summed E-state index contributed by atoms with van der Waals surface area (Å²) >= 11 is 0. The van der Waals surface area contributed by atoms with Crippen molar-refractivity contribution in [1.29, 1.82) is 0 Å². The van der Waals surface area contributed by atoms with Gasteiger partial charge in [0, 0.05) is 20.2 Å². The molecule has 0 unspecified atom stereocenters. The number of likely N-dealkylation sites (N-methyl/N-ethyl adjacent to an activating group) is 1. The summed E-state index contributed by atoms with van der Waals surface area (Å²) in [5.41, 5.74) is 0. The lowest BCUT2D eigenvalue weighted by atomic mass is 10.4. The molecule has 0 aromatic carbocycles. The summed E-state index contributed by atoms with van der Waals surface area (Å²) in [6, 6.07) is 3.20. The molecule has 1 heterocycles. The van der Waals surface area contributed by atoms with Crippen molar-refractivity contribution >= 4 is 10.0 Å². The van der Waals surface area contributed by atoms with Crippen LogP contribution in [-0.4, -0.2) is 46.1 Å². The summed E-state index contributed by atoms with van der Waals surface area (Å²) in [7, 11) is -2.03. The van der Waals surface area contributed by atoms with Gasteiger partial charge < -0.3 is 14.5 Å². The van der Waals surface area contributed by atoms with Crippen molar-refractivity contribution < 1.29 is 17.6 Å². The number of furan rings is 1. The molecule has 0 atom stereocenters. The van der Waals surface area contributed by atoms with Crippen molar-refractivity contribution in [3.8, 4) is 0 Å². The van der Waals surface area contributed by atoms with E-state index < -0.39 is 10.0 Å². The maximum absolute atomic E-state index is 12.4. The molecule has 0 spiro atoms. The van der Waals surface area contributed by atoms with E-state index in [1.54, 1.807) is 20.1 Å². The van der Waals surface area contributed by atoms with Crippen LogP contribution in [0.15, 0.2) is 21.6 Å². The zero-order valence-electron chi connectivity index (χ0n) is 12.4. The maximum Gasteiger partial charge on any atom is 0.276 e. The Kier molecular flexibility index (Phi) is 7.22. The molecule has 0 aliphatic carbocycles. The van der Waals surface area contributed by atoms with E-state index in [1.807, 2.05) is 0 Å². The molecule has 0 aliphatic heterocycles. The average Bonchev–Trinajstić information content (AvgIpc) is 2.89. The molecule has 20 heavy (non-hydrogen) atoms. The Bertz CT molecular complexity index is 484. The molecule has 0 bridgehead atoms. The van der Waals surface area contributed by atoms with Gasteiger partial charge >= 0.3 is 0 Å². The highest BCUT2D eigenvalue weighted by atomic mass is 32.2. The van der Waals surface area contributed by atoms with Crippen LogP contribution in [0, 0.1) is 0 Å². The summed E-state index contributed by atoms with van der Waals surface area (Å²) in [4.78, 5) is 0. The second-order valence-corrected chi connectivity index (χ2v) is 6.26. The molecule has 116 valence electrons. The molecule has 0 saturated heterocycles. The van der Waals surface area contributed by atoms with Gasteiger partial charge in [-0.05, 0) is 25.1 Å². The molecule has 0 aliphatic rings. The Morgan fingerprint density at radius 1 is 1.35 bits per heavy atom. The van der Waals surface area contributed by atoms with Crippen LogP contribution in [0.1, 0.15) is 26.0 Å². The van der Waals surface area contributed by atoms with E-state index in [0.717, 1.165) is 13.0 Å². The first-order valence-electron chi connectivity index (χ1n) is 6.84. The summed E-state index contributed by atoms with van der Waals surface area (Å²) in [5, 5.41) is 3.16. The monoisotopic (exact) mass is 304 g/mol. The zero-order valence-corrected chi connectivity index (χ0v) is 13.2. The van der Waals surface area contributed by atoms with Crippen LogP contribution in [-0.2, 0) is 21.3 Å². The van der Waals surface area contributed by atoms with Crippen molar-refractivity contribution in [2.45, 2.75) is 31.9 Å². The second-order valence-electron chi connectivity index (χ2n) is 4.39. The predicted molar refractivity (Wildman–Crippen MR) is 77.0 cm³/mol. The van der Waals surface area contributed by atoms with E-state index in [9.17, 15) is 8.42 Å². The van der Waals surface area contributed by atoms with E-state index in [1.165, 1.54) is 10.4 Å². The van der Waals surface area contributed by atoms with Crippen LogP contribution < -0.4 is 5.32 Å². The van der Waals surface area contributed by atoms with Crippen molar-refractivity contribution in [3.63, 3.8) is 0 Å². The number of hydrogen-bond acceptors (Lipinski definition) is 5. The molecule has 1 aromatic heterocycles. The molecule has 1 N–H and O–H groups in total. The molecule has 0 fully saturated rings. The molecule has 0 saturated carbocycles. The Morgan fingerprint density at radius 2 is 2.10 bits per heavy atom. The van der Waals surface area contributed by atoms with E-state index in [-0.39, 0.29) is 5.09 Å². The molecule has 0 amide bonds. The van der Waals surface area contributed by atoms with Gasteiger partial charge in [-0.2, -0.15) is 4.31 Å². The van der Waals surface area contributed by atoms with E-state index in [0.29, 0.717) is 32.0 Å². The van der Waals surface area contributed by atoms with Gasteiger partial charge in [-0.1, -0.05) is 13.8 Å². The fourth-order valence-electron chi connectivity index (χ4n) is 1.75. The van der Waals surface area contributed by atoms with Gasteiger partial charge in [0.15, 0.2) is 0 Å². The molecule has 0 radical (unpaired) electrons. The fraction of sp³-hybridized carbons (Fsp3) is 0.692. The van der Waals surface area contributed by atoms with Crippen molar-refractivity contribution in [1.82, 2.24) is 9.62 Å². The summed E-state index contributed by atoms with van der Waals surface area (Å²) in [5.74, 6) is 0.625. The Morgan fingerprint density at radius 3 is 2.70 bits per heavy atom. The minimum absolute atomic E-state index is 0.0104. The van der Waals surface area contributed by atoms with Crippen LogP contribution >= 0.6 is 0 Å². The van der Waals surface area contributed by atoms with Crippen LogP contribution in [0.5, 0.6) is 0 Å². The number of nitrogens with one attached hydrogen (secondary N) is 1. The Labute approximate surface area is 121 Å². The number of hydrogen-bond donors (Lipinski definition) is 1. The third-order valence-corrected chi connectivity index (χ3v) is 4.70.